The van der Waals surface area contributed by atoms with Gasteiger partial charge in [0.2, 0.25) is 11.8 Å². The fourth-order valence-electron chi connectivity index (χ4n) is 3.76. The van der Waals surface area contributed by atoms with Gasteiger partial charge in [0.15, 0.2) is 0 Å². The molecule has 2 aliphatic heterocycles. The van der Waals surface area contributed by atoms with Crippen molar-refractivity contribution in [1.82, 2.24) is 14.8 Å². The van der Waals surface area contributed by atoms with Gasteiger partial charge >= 0.3 is 6.09 Å². The quantitative estimate of drug-likeness (QED) is 0.865. The van der Waals surface area contributed by atoms with Crippen LogP contribution >= 0.6 is 0 Å². The lowest BCUT2D eigenvalue weighted by Crippen LogP contribution is -2.48. The SMILES string of the molecule is NC(=O)Oc1ccc(C[CH]C(=O)N2CCC(N3CCCCC3)CC2)cn1. The minimum absolute atomic E-state index is 0.0829. The number of likely N-dealkylation sites (tertiary alicyclic amines) is 2. The first-order chi connectivity index (χ1) is 12.6. The summed E-state index contributed by atoms with van der Waals surface area (Å²) in [5, 5.41) is 0. The molecule has 0 bridgehead atoms. The van der Waals surface area contributed by atoms with Crippen LogP contribution in [0.2, 0.25) is 0 Å². The van der Waals surface area contributed by atoms with Gasteiger partial charge in [0.05, 0.1) is 6.42 Å². The molecule has 1 aromatic rings. The van der Waals surface area contributed by atoms with E-state index in [1.165, 1.54) is 32.4 Å². The number of aromatic nitrogens is 1. The minimum atomic E-state index is -0.889. The van der Waals surface area contributed by atoms with Gasteiger partial charge in [0.25, 0.3) is 0 Å². The summed E-state index contributed by atoms with van der Waals surface area (Å²) in [6.07, 6.45) is 9.02. The fraction of sp³-hybridized carbons (Fsp3) is 0.579. The first-order valence-corrected chi connectivity index (χ1v) is 9.40. The van der Waals surface area contributed by atoms with Gasteiger partial charge in [-0.25, -0.2) is 9.78 Å². The van der Waals surface area contributed by atoms with E-state index in [1.807, 2.05) is 4.90 Å². The number of piperidine rings is 2. The summed E-state index contributed by atoms with van der Waals surface area (Å²) < 4.78 is 4.69. The molecule has 141 valence electrons. The van der Waals surface area contributed by atoms with Gasteiger partial charge in [0, 0.05) is 31.4 Å². The van der Waals surface area contributed by atoms with Gasteiger partial charge in [-0.15, -0.1) is 0 Å². The van der Waals surface area contributed by atoms with Crippen molar-refractivity contribution in [2.75, 3.05) is 26.2 Å². The minimum Gasteiger partial charge on any atom is -0.391 e. The standard InChI is InChI=1S/C19H27N4O3/c20-19(25)26-17-6-4-15(14-21-17)5-7-18(24)23-12-8-16(9-13-23)22-10-2-1-3-11-22/h4,6-7,14,16H,1-3,5,8-13H2,(H2,20,25). The monoisotopic (exact) mass is 359 g/mol. The van der Waals surface area contributed by atoms with E-state index in [-0.39, 0.29) is 11.8 Å². The van der Waals surface area contributed by atoms with Crippen LogP contribution in [0.4, 0.5) is 4.79 Å². The van der Waals surface area contributed by atoms with E-state index in [4.69, 9.17) is 5.73 Å². The predicted molar refractivity (Wildman–Crippen MR) is 97.5 cm³/mol. The van der Waals surface area contributed by atoms with E-state index in [2.05, 4.69) is 14.6 Å². The Labute approximate surface area is 154 Å². The lowest BCUT2D eigenvalue weighted by molar-refractivity contribution is -0.129. The maximum absolute atomic E-state index is 12.4. The molecule has 1 aromatic heterocycles. The molecule has 3 heterocycles. The summed E-state index contributed by atoms with van der Waals surface area (Å²) in [6.45, 7) is 4.10. The smallest absolute Gasteiger partial charge is 0.391 e. The third-order valence-electron chi connectivity index (χ3n) is 5.20. The Balaban J connectivity index is 1.40. The molecule has 2 amide bonds. The number of pyridine rings is 1. The third kappa shape index (κ3) is 5.17. The molecule has 0 saturated carbocycles. The third-order valence-corrected chi connectivity index (χ3v) is 5.20. The Hall–Kier alpha value is -2.15. The zero-order chi connectivity index (χ0) is 18.4. The Morgan fingerprint density at radius 2 is 1.88 bits per heavy atom. The van der Waals surface area contributed by atoms with Crippen LogP contribution in [0.5, 0.6) is 5.88 Å². The molecule has 26 heavy (non-hydrogen) atoms. The zero-order valence-electron chi connectivity index (χ0n) is 15.1. The van der Waals surface area contributed by atoms with E-state index < -0.39 is 6.09 Å². The first kappa shape index (κ1) is 18.6. The number of hydrogen-bond acceptors (Lipinski definition) is 5. The summed E-state index contributed by atoms with van der Waals surface area (Å²) in [5.74, 6) is 0.243. The van der Waals surface area contributed by atoms with Crippen LogP contribution < -0.4 is 10.5 Å². The maximum Gasteiger partial charge on any atom is 0.411 e. The highest BCUT2D eigenvalue weighted by Gasteiger charge is 2.27. The molecule has 0 aliphatic carbocycles. The van der Waals surface area contributed by atoms with E-state index >= 15 is 0 Å². The van der Waals surface area contributed by atoms with Gasteiger partial charge < -0.3 is 20.3 Å². The molecular formula is C19H27N4O3. The highest BCUT2D eigenvalue weighted by atomic mass is 16.6. The number of carbonyl (C=O) groups excluding carboxylic acids is 2. The largest absolute Gasteiger partial charge is 0.411 e. The molecule has 2 fully saturated rings. The van der Waals surface area contributed by atoms with Crippen molar-refractivity contribution in [3.63, 3.8) is 0 Å². The molecular weight excluding hydrogens is 332 g/mol. The van der Waals surface area contributed by atoms with E-state index in [0.717, 1.165) is 31.5 Å². The molecule has 3 rings (SSSR count). The molecule has 0 spiro atoms. The van der Waals surface area contributed by atoms with Crippen LogP contribution in [0.1, 0.15) is 37.7 Å². The normalized spacial score (nSPS) is 19.3. The number of nitrogens with zero attached hydrogens (tertiary/aromatic N) is 3. The maximum atomic E-state index is 12.4. The number of carbonyl (C=O) groups is 2. The van der Waals surface area contributed by atoms with Crippen molar-refractivity contribution in [2.45, 2.75) is 44.6 Å². The Morgan fingerprint density at radius 1 is 1.15 bits per heavy atom. The van der Waals surface area contributed by atoms with Gasteiger partial charge in [-0.2, -0.15) is 0 Å². The van der Waals surface area contributed by atoms with Crippen LogP contribution in [0.15, 0.2) is 18.3 Å². The summed E-state index contributed by atoms with van der Waals surface area (Å²) in [4.78, 5) is 31.6. The number of nitrogens with two attached hydrogens (primary N) is 1. The zero-order valence-corrected chi connectivity index (χ0v) is 15.1. The summed E-state index contributed by atoms with van der Waals surface area (Å²) in [7, 11) is 0. The van der Waals surface area contributed by atoms with Crippen molar-refractivity contribution >= 4 is 12.0 Å². The fourth-order valence-corrected chi connectivity index (χ4v) is 3.76. The van der Waals surface area contributed by atoms with Crippen LogP contribution in [0.25, 0.3) is 0 Å². The first-order valence-electron chi connectivity index (χ1n) is 9.40. The number of hydrogen-bond donors (Lipinski definition) is 1. The average Bonchev–Trinajstić information content (AvgIpc) is 2.67. The number of primary amides is 1. The van der Waals surface area contributed by atoms with Gasteiger partial charge in [-0.05, 0) is 50.8 Å². The summed E-state index contributed by atoms with van der Waals surface area (Å²) >= 11 is 0. The molecule has 0 atom stereocenters. The van der Waals surface area contributed by atoms with Crippen LogP contribution in [-0.2, 0) is 11.2 Å². The van der Waals surface area contributed by atoms with Gasteiger partial charge in [-0.1, -0.05) is 12.5 Å². The highest BCUT2D eigenvalue weighted by Crippen LogP contribution is 2.21. The Kier molecular flexibility index (Phi) is 6.44. The molecule has 2 aliphatic rings. The molecule has 0 aromatic carbocycles. The Morgan fingerprint density at radius 3 is 2.50 bits per heavy atom. The van der Waals surface area contributed by atoms with Crippen molar-refractivity contribution in [1.29, 1.82) is 0 Å². The van der Waals surface area contributed by atoms with E-state index in [9.17, 15) is 9.59 Å². The Bertz CT molecular complexity index is 606. The van der Waals surface area contributed by atoms with Gasteiger partial charge in [0.1, 0.15) is 0 Å². The van der Waals surface area contributed by atoms with Crippen LogP contribution in [-0.4, -0.2) is 59.0 Å². The lowest BCUT2D eigenvalue weighted by Gasteiger charge is -2.40. The van der Waals surface area contributed by atoms with Crippen molar-refractivity contribution in [3.8, 4) is 5.88 Å². The van der Waals surface area contributed by atoms with Crippen molar-refractivity contribution < 1.29 is 14.3 Å². The number of amides is 2. The molecule has 7 heteroatoms. The average molecular weight is 359 g/mol. The molecule has 0 unspecified atom stereocenters. The van der Waals surface area contributed by atoms with Crippen molar-refractivity contribution in [2.24, 2.45) is 5.73 Å². The number of rotatable bonds is 5. The molecule has 1 radical (unpaired) electrons. The molecule has 2 N–H and O–H groups in total. The second-order valence-corrected chi connectivity index (χ2v) is 6.99. The lowest BCUT2D eigenvalue weighted by atomic mass is 9.99. The van der Waals surface area contributed by atoms with E-state index in [1.54, 1.807) is 24.8 Å². The summed E-state index contributed by atoms with van der Waals surface area (Å²) in [5.41, 5.74) is 5.83. The van der Waals surface area contributed by atoms with E-state index in [0.29, 0.717) is 12.5 Å². The van der Waals surface area contributed by atoms with Crippen LogP contribution in [0.3, 0.4) is 0 Å². The number of ether oxygens (including phenoxy) is 1. The molecule has 7 nitrogen and oxygen atoms in total. The summed E-state index contributed by atoms with van der Waals surface area (Å²) in [6, 6.07) is 3.99. The highest BCUT2D eigenvalue weighted by molar-refractivity contribution is 5.85. The van der Waals surface area contributed by atoms with Crippen molar-refractivity contribution in [3.05, 3.63) is 30.3 Å². The van der Waals surface area contributed by atoms with Crippen LogP contribution in [0, 0.1) is 6.42 Å². The molecule has 2 saturated heterocycles. The second kappa shape index (κ2) is 8.98. The predicted octanol–water partition coefficient (Wildman–Crippen LogP) is 1.76. The van der Waals surface area contributed by atoms with Gasteiger partial charge in [-0.3, -0.25) is 4.79 Å². The second-order valence-electron chi connectivity index (χ2n) is 6.99. The topological polar surface area (TPSA) is 88.8 Å².